The lowest BCUT2D eigenvalue weighted by Crippen LogP contribution is -2.30. The van der Waals surface area contributed by atoms with Gasteiger partial charge in [-0.05, 0) is 24.5 Å². The van der Waals surface area contributed by atoms with Gasteiger partial charge in [0.1, 0.15) is 0 Å². The summed E-state index contributed by atoms with van der Waals surface area (Å²) in [5.41, 5.74) is 8.26. The molecule has 0 saturated heterocycles. The summed E-state index contributed by atoms with van der Waals surface area (Å²) in [4.78, 5) is 4.29. The molecule has 0 saturated carbocycles. The molecule has 0 bridgehead atoms. The number of hydrogen-bond acceptors (Lipinski definition) is 4. The minimum absolute atomic E-state index is 0.0901. The van der Waals surface area contributed by atoms with E-state index in [4.69, 9.17) is 5.84 Å². The highest BCUT2D eigenvalue weighted by molar-refractivity contribution is 7.07. The largest absolute Gasteiger partial charge is 0.271 e. The molecule has 1 aromatic carbocycles. The molecule has 0 aliphatic heterocycles. The van der Waals surface area contributed by atoms with E-state index in [2.05, 4.69) is 35.5 Å². The molecule has 1 aromatic heterocycles. The Labute approximate surface area is 99.3 Å². The number of nitrogens with one attached hydrogen (secondary N) is 1. The molecular weight excluding hydrogens is 218 g/mol. The molecule has 0 aliphatic carbocycles. The molecule has 3 nitrogen and oxygen atoms in total. The summed E-state index contributed by atoms with van der Waals surface area (Å²) in [6.45, 7) is 2.12. The third-order valence-corrected chi connectivity index (χ3v) is 3.30. The lowest BCUT2D eigenvalue weighted by atomic mass is 10.0. The van der Waals surface area contributed by atoms with Crippen molar-refractivity contribution in [3.63, 3.8) is 0 Å². The quantitative estimate of drug-likeness (QED) is 0.629. The van der Waals surface area contributed by atoms with Gasteiger partial charge in [0.05, 0.1) is 17.2 Å². The maximum atomic E-state index is 5.58. The number of benzene rings is 1. The van der Waals surface area contributed by atoms with Crippen LogP contribution in [0.4, 0.5) is 0 Å². The second kappa shape index (κ2) is 5.21. The van der Waals surface area contributed by atoms with Crippen LogP contribution in [0, 0.1) is 6.92 Å². The predicted molar refractivity (Wildman–Crippen MR) is 67.1 cm³/mol. The fourth-order valence-corrected chi connectivity index (χ4v) is 2.31. The van der Waals surface area contributed by atoms with Gasteiger partial charge in [0, 0.05) is 5.38 Å². The molecule has 2 aromatic rings. The maximum absolute atomic E-state index is 5.58. The van der Waals surface area contributed by atoms with E-state index in [1.807, 2.05) is 17.0 Å². The van der Waals surface area contributed by atoms with E-state index in [0.717, 1.165) is 12.1 Å². The number of nitrogens with zero attached hydrogens (tertiary/aromatic N) is 1. The summed E-state index contributed by atoms with van der Waals surface area (Å²) >= 11 is 1.59. The summed E-state index contributed by atoms with van der Waals surface area (Å²) in [6, 6.07) is 8.44. The SMILES string of the molecule is Cc1ccccc1CC(NN)c1cscn1. The number of aryl methyl sites for hydroxylation is 1. The topological polar surface area (TPSA) is 50.9 Å². The second-order valence-corrected chi connectivity index (χ2v) is 4.48. The molecule has 84 valence electrons. The zero-order valence-electron chi connectivity index (χ0n) is 9.18. The minimum Gasteiger partial charge on any atom is -0.271 e. The maximum Gasteiger partial charge on any atom is 0.0795 e. The van der Waals surface area contributed by atoms with Crippen LogP contribution in [0.15, 0.2) is 35.2 Å². The fraction of sp³-hybridized carbons (Fsp3) is 0.250. The molecule has 0 fully saturated rings. The standard InChI is InChI=1S/C12H15N3S/c1-9-4-2-3-5-10(9)6-11(15-13)12-7-16-8-14-12/h2-5,7-8,11,15H,6,13H2,1H3. The Morgan fingerprint density at radius 3 is 2.88 bits per heavy atom. The lowest BCUT2D eigenvalue weighted by molar-refractivity contribution is 0.540. The first-order valence-corrected chi connectivity index (χ1v) is 6.14. The summed E-state index contributed by atoms with van der Waals surface area (Å²) in [5.74, 6) is 5.58. The number of hydrogen-bond donors (Lipinski definition) is 2. The van der Waals surface area contributed by atoms with Crippen molar-refractivity contribution < 1.29 is 0 Å². The number of rotatable bonds is 4. The molecule has 0 aliphatic rings. The van der Waals surface area contributed by atoms with Crippen LogP contribution in [0.2, 0.25) is 0 Å². The molecular formula is C12H15N3S. The van der Waals surface area contributed by atoms with Crippen molar-refractivity contribution in [1.29, 1.82) is 0 Å². The van der Waals surface area contributed by atoms with Gasteiger partial charge in [0.25, 0.3) is 0 Å². The first-order chi connectivity index (χ1) is 7.81. The average Bonchev–Trinajstić information content (AvgIpc) is 2.81. The van der Waals surface area contributed by atoms with E-state index >= 15 is 0 Å². The van der Waals surface area contributed by atoms with E-state index in [9.17, 15) is 0 Å². The Morgan fingerprint density at radius 2 is 2.25 bits per heavy atom. The van der Waals surface area contributed by atoms with E-state index < -0.39 is 0 Å². The van der Waals surface area contributed by atoms with Crippen molar-refractivity contribution in [2.75, 3.05) is 0 Å². The Kier molecular flexibility index (Phi) is 3.66. The van der Waals surface area contributed by atoms with Crippen molar-refractivity contribution in [2.24, 2.45) is 5.84 Å². The van der Waals surface area contributed by atoms with Crippen LogP contribution in [0.1, 0.15) is 22.9 Å². The van der Waals surface area contributed by atoms with Gasteiger partial charge >= 0.3 is 0 Å². The lowest BCUT2D eigenvalue weighted by Gasteiger charge is -2.14. The second-order valence-electron chi connectivity index (χ2n) is 3.76. The van der Waals surface area contributed by atoms with Gasteiger partial charge in [-0.3, -0.25) is 11.3 Å². The van der Waals surface area contributed by atoms with Crippen molar-refractivity contribution in [1.82, 2.24) is 10.4 Å². The zero-order valence-corrected chi connectivity index (χ0v) is 10.00. The van der Waals surface area contributed by atoms with Gasteiger partial charge in [-0.25, -0.2) is 4.98 Å². The molecule has 0 radical (unpaired) electrons. The van der Waals surface area contributed by atoms with Crippen LogP contribution in [0.5, 0.6) is 0 Å². The van der Waals surface area contributed by atoms with Gasteiger partial charge < -0.3 is 0 Å². The average molecular weight is 233 g/mol. The van der Waals surface area contributed by atoms with E-state index in [1.165, 1.54) is 11.1 Å². The number of aromatic nitrogens is 1. The van der Waals surface area contributed by atoms with Crippen LogP contribution in [0.25, 0.3) is 0 Å². The molecule has 16 heavy (non-hydrogen) atoms. The van der Waals surface area contributed by atoms with Crippen LogP contribution in [-0.4, -0.2) is 4.98 Å². The van der Waals surface area contributed by atoms with Gasteiger partial charge in [-0.2, -0.15) is 0 Å². The molecule has 1 heterocycles. The Bertz CT molecular complexity index is 439. The Morgan fingerprint density at radius 1 is 1.44 bits per heavy atom. The van der Waals surface area contributed by atoms with Gasteiger partial charge in [-0.1, -0.05) is 24.3 Å². The predicted octanol–water partition coefficient (Wildman–Crippen LogP) is 2.20. The van der Waals surface area contributed by atoms with Gasteiger partial charge in [-0.15, -0.1) is 11.3 Å². The third-order valence-electron chi connectivity index (χ3n) is 2.69. The molecule has 1 atom stereocenters. The number of hydrazine groups is 1. The normalized spacial score (nSPS) is 12.6. The summed E-state index contributed by atoms with van der Waals surface area (Å²) in [5, 5.41) is 2.03. The van der Waals surface area contributed by atoms with Gasteiger partial charge in [0.2, 0.25) is 0 Å². The van der Waals surface area contributed by atoms with Crippen molar-refractivity contribution in [3.05, 3.63) is 52.0 Å². The van der Waals surface area contributed by atoms with Crippen molar-refractivity contribution in [2.45, 2.75) is 19.4 Å². The summed E-state index contributed by atoms with van der Waals surface area (Å²) in [7, 11) is 0. The highest BCUT2D eigenvalue weighted by Crippen LogP contribution is 2.19. The number of thiazole rings is 1. The van der Waals surface area contributed by atoms with E-state index in [1.54, 1.807) is 11.3 Å². The zero-order chi connectivity index (χ0) is 11.4. The first kappa shape index (κ1) is 11.3. The first-order valence-electron chi connectivity index (χ1n) is 5.20. The minimum atomic E-state index is 0.0901. The Hall–Kier alpha value is -1.23. The molecule has 3 N–H and O–H groups in total. The van der Waals surface area contributed by atoms with Crippen molar-refractivity contribution in [3.8, 4) is 0 Å². The highest BCUT2D eigenvalue weighted by atomic mass is 32.1. The molecule has 2 rings (SSSR count). The van der Waals surface area contributed by atoms with E-state index in [0.29, 0.717) is 0 Å². The molecule has 0 spiro atoms. The van der Waals surface area contributed by atoms with Crippen LogP contribution in [-0.2, 0) is 6.42 Å². The van der Waals surface area contributed by atoms with Crippen molar-refractivity contribution >= 4 is 11.3 Å². The smallest absolute Gasteiger partial charge is 0.0795 e. The van der Waals surface area contributed by atoms with Gasteiger partial charge in [0.15, 0.2) is 0 Å². The van der Waals surface area contributed by atoms with Crippen LogP contribution < -0.4 is 11.3 Å². The molecule has 4 heteroatoms. The fourth-order valence-electron chi connectivity index (χ4n) is 1.70. The highest BCUT2D eigenvalue weighted by Gasteiger charge is 2.13. The summed E-state index contributed by atoms with van der Waals surface area (Å²) < 4.78 is 0. The third kappa shape index (κ3) is 2.47. The van der Waals surface area contributed by atoms with Crippen LogP contribution in [0.3, 0.4) is 0 Å². The van der Waals surface area contributed by atoms with E-state index in [-0.39, 0.29) is 6.04 Å². The number of nitrogens with two attached hydrogens (primary N) is 1. The molecule has 1 unspecified atom stereocenters. The Balaban J connectivity index is 2.17. The molecule has 0 amide bonds. The summed E-state index contributed by atoms with van der Waals surface area (Å²) in [6.07, 6.45) is 0.868. The van der Waals surface area contributed by atoms with Crippen LogP contribution >= 0.6 is 11.3 Å². The monoisotopic (exact) mass is 233 g/mol.